The van der Waals surface area contributed by atoms with E-state index in [9.17, 15) is 14.4 Å². The number of aryl methyl sites for hydroxylation is 1. The fourth-order valence-corrected chi connectivity index (χ4v) is 4.36. The minimum absolute atomic E-state index is 0.0582. The molecule has 0 fully saturated rings. The van der Waals surface area contributed by atoms with Gasteiger partial charge in [-0.25, -0.2) is 0 Å². The number of esters is 1. The lowest BCUT2D eigenvalue weighted by Crippen LogP contribution is -2.18. The summed E-state index contributed by atoms with van der Waals surface area (Å²) in [6.45, 7) is 6.03. The minimum atomic E-state index is -0.503. The first-order valence-corrected chi connectivity index (χ1v) is 13.7. The van der Waals surface area contributed by atoms with Gasteiger partial charge in [0.05, 0.1) is 0 Å². The zero-order chi connectivity index (χ0) is 29.2. The summed E-state index contributed by atoms with van der Waals surface area (Å²) in [6, 6.07) is 32.7. The molecule has 6 heteroatoms. The monoisotopic (exact) mass is 549 g/mol. The maximum Gasteiger partial charge on any atom is 0.306 e. The summed E-state index contributed by atoms with van der Waals surface area (Å²) in [4.78, 5) is 36.4. The number of ether oxygens (including phenoxy) is 2. The minimum Gasteiger partial charge on any atom is -0.457 e. The predicted molar refractivity (Wildman–Crippen MR) is 160 cm³/mol. The predicted octanol–water partition coefficient (Wildman–Crippen LogP) is 7.65. The van der Waals surface area contributed by atoms with Gasteiger partial charge in [-0.2, -0.15) is 0 Å². The normalized spacial score (nSPS) is 11.0. The van der Waals surface area contributed by atoms with Crippen LogP contribution in [0.15, 0.2) is 103 Å². The van der Waals surface area contributed by atoms with Crippen LogP contribution >= 0.6 is 0 Å². The van der Waals surface area contributed by atoms with E-state index in [1.165, 1.54) is 11.1 Å². The molecule has 0 aromatic heterocycles. The molecule has 210 valence electrons. The lowest BCUT2D eigenvalue weighted by molar-refractivity contribution is -0.142. The number of hydrogen-bond acceptors (Lipinski definition) is 5. The highest BCUT2D eigenvalue weighted by Crippen LogP contribution is 2.33. The summed E-state index contributed by atoms with van der Waals surface area (Å²) < 4.78 is 11.0. The first-order chi connectivity index (χ1) is 19.7. The molecule has 1 amide bonds. The van der Waals surface area contributed by atoms with Crippen molar-refractivity contribution in [2.75, 3.05) is 11.9 Å². The third-order valence-electron chi connectivity index (χ3n) is 6.97. The lowest BCUT2D eigenvalue weighted by Gasteiger charge is -2.26. The van der Waals surface area contributed by atoms with Crippen molar-refractivity contribution >= 4 is 23.3 Å². The molecule has 0 aliphatic heterocycles. The van der Waals surface area contributed by atoms with Gasteiger partial charge in [0.1, 0.15) is 11.5 Å². The molecule has 0 aliphatic carbocycles. The van der Waals surface area contributed by atoms with Gasteiger partial charge in [0.15, 0.2) is 12.4 Å². The van der Waals surface area contributed by atoms with E-state index in [0.717, 1.165) is 11.3 Å². The average Bonchev–Trinajstić information content (AvgIpc) is 2.98. The van der Waals surface area contributed by atoms with Crippen LogP contribution in [0.3, 0.4) is 0 Å². The van der Waals surface area contributed by atoms with Crippen molar-refractivity contribution in [1.29, 1.82) is 0 Å². The van der Waals surface area contributed by atoms with E-state index in [1.807, 2.05) is 37.3 Å². The Labute approximate surface area is 241 Å². The van der Waals surface area contributed by atoms with Crippen molar-refractivity contribution in [3.8, 4) is 11.5 Å². The maximum atomic E-state index is 12.3. The van der Waals surface area contributed by atoms with Gasteiger partial charge in [0.25, 0.3) is 0 Å². The summed E-state index contributed by atoms with van der Waals surface area (Å²) in [5, 5.41) is 2.82. The topological polar surface area (TPSA) is 81.7 Å². The Bertz CT molecular complexity index is 1460. The highest BCUT2D eigenvalue weighted by atomic mass is 16.5. The molecule has 0 atom stereocenters. The van der Waals surface area contributed by atoms with E-state index in [4.69, 9.17) is 9.47 Å². The number of anilines is 1. The standard InChI is InChI=1S/C35H35NO5/c1-25-12-14-26(15-13-25)32(37)24-40-34(39)11-7-10-33(38)36-29-18-22-31(23-19-29)41-30-20-16-28(17-21-30)35(2,3)27-8-5-4-6-9-27/h4-6,8-9,12-23H,7,10-11,24H2,1-3H3,(H,36,38). The molecule has 0 saturated heterocycles. The van der Waals surface area contributed by atoms with Crippen LogP contribution in [0.1, 0.15) is 60.2 Å². The van der Waals surface area contributed by atoms with Crippen LogP contribution in [-0.2, 0) is 19.7 Å². The van der Waals surface area contributed by atoms with Gasteiger partial charge in [0.2, 0.25) is 5.91 Å². The zero-order valence-electron chi connectivity index (χ0n) is 23.7. The molecule has 1 N–H and O–H groups in total. The second-order valence-electron chi connectivity index (χ2n) is 10.5. The molecule has 0 radical (unpaired) electrons. The maximum absolute atomic E-state index is 12.3. The van der Waals surface area contributed by atoms with Crippen LogP contribution in [0.5, 0.6) is 11.5 Å². The first-order valence-electron chi connectivity index (χ1n) is 13.7. The Morgan fingerprint density at radius 3 is 1.93 bits per heavy atom. The van der Waals surface area contributed by atoms with Crippen molar-refractivity contribution in [1.82, 2.24) is 0 Å². The van der Waals surface area contributed by atoms with Crippen molar-refractivity contribution in [2.45, 2.75) is 45.4 Å². The summed E-state index contributed by atoms with van der Waals surface area (Å²) in [5.41, 5.74) is 4.50. The Balaban J connectivity index is 1.18. The van der Waals surface area contributed by atoms with Crippen LogP contribution in [0.25, 0.3) is 0 Å². The molecule has 0 unspecified atom stereocenters. The van der Waals surface area contributed by atoms with E-state index >= 15 is 0 Å². The highest BCUT2D eigenvalue weighted by molar-refractivity contribution is 5.98. The molecule has 0 spiro atoms. The molecule has 0 saturated carbocycles. The Morgan fingerprint density at radius 1 is 0.707 bits per heavy atom. The Kier molecular flexibility index (Phi) is 9.69. The van der Waals surface area contributed by atoms with E-state index in [1.54, 1.807) is 36.4 Å². The number of amides is 1. The van der Waals surface area contributed by atoms with Crippen LogP contribution in [0.2, 0.25) is 0 Å². The highest BCUT2D eigenvalue weighted by Gasteiger charge is 2.22. The quantitative estimate of drug-likeness (QED) is 0.145. The number of carbonyl (C=O) groups is 3. The first kappa shape index (κ1) is 29.3. The van der Waals surface area contributed by atoms with E-state index in [-0.39, 0.29) is 36.6 Å². The van der Waals surface area contributed by atoms with E-state index in [2.05, 4.69) is 55.6 Å². The number of carbonyl (C=O) groups excluding carboxylic acids is 3. The SMILES string of the molecule is Cc1ccc(C(=O)COC(=O)CCCC(=O)Nc2ccc(Oc3ccc(C(C)(C)c4ccccc4)cc3)cc2)cc1. The molecule has 0 heterocycles. The molecule has 4 aromatic carbocycles. The summed E-state index contributed by atoms with van der Waals surface area (Å²) in [5.74, 6) is 0.408. The van der Waals surface area contributed by atoms with Crippen LogP contribution in [-0.4, -0.2) is 24.3 Å². The summed E-state index contributed by atoms with van der Waals surface area (Å²) in [7, 11) is 0. The van der Waals surface area contributed by atoms with Crippen LogP contribution in [0, 0.1) is 6.92 Å². The van der Waals surface area contributed by atoms with Gasteiger partial charge in [-0.3, -0.25) is 14.4 Å². The molecular weight excluding hydrogens is 514 g/mol. The molecule has 4 rings (SSSR count). The van der Waals surface area contributed by atoms with Gasteiger partial charge < -0.3 is 14.8 Å². The van der Waals surface area contributed by atoms with Gasteiger partial charge in [-0.1, -0.05) is 86.1 Å². The summed E-state index contributed by atoms with van der Waals surface area (Å²) in [6.07, 6.45) is 0.537. The Hall–Kier alpha value is -4.71. The molecular formula is C35H35NO5. The fourth-order valence-electron chi connectivity index (χ4n) is 4.36. The second-order valence-corrected chi connectivity index (χ2v) is 10.5. The lowest BCUT2D eigenvalue weighted by atomic mass is 9.78. The van der Waals surface area contributed by atoms with Gasteiger partial charge in [-0.15, -0.1) is 0 Å². The van der Waals surface area contributed by atoms with Crippen LogP contribution in [0.4, 0.5) is 5.69 Å². The largest absolute Gasteiger partial charge is 0.457 e. The Morgan fingerprint density at radius 2 is 1.29 bits per heavy atom. The van der Waals surface area contributed by atoms with E-state index < -0.39 is 5.97 Å². The van der Waals surface area contributed by atoms with Crippen molar-refractivity contribution in [2.24, 2.45) is 0 Å². The number of Topliss-reactive ketones (excluding diaryl/α,β-unsaturated/α-hetero) is 1. The van der Waals surface area contributed by atoms with Gasteiger partial charge in [-0.05, 0) is 60.9 Å². The molecule has 4 aromatic rings. The average molecular weight is 550 g/mol. The molecule has 6 nitrogen and oxygen atoms in total. The van der Waals surface area contributed by atoms with Crippen molar-refractivity contribution < 1.29 is 23.9 Å². The van der Waals surface area contributed by atoms with Crippen molar-refractivity contribution in [3.05, 3.63) is 125 Å². The number of hydrogen-bond donors (Lipinski definition) is 1. The van der Waals surface area contributed by atoms with Gasteiger partial charge in [0, 0.05) is 29.5 Å². The van der Waals surface area contributed by atoms with E-state index in [0.29, 0.717) is 23.4 Å². The molecule has 0 aliphatic rings. The number of nitrogens with one attached hydrogen (secondary N) is 1. The molecule has 41 heavy (non-hydrogen) atoms. The zero-order valence-corrected chi connectivity index (χ0v) is 23.7. The number of benzene rings is 4. The van der Waals surface area contributed by atoms with Gasteiger partial charge >= 0.3 is 5.97 Å². The van der Waals surface area contributed by atoms with Crippen molar-refractivity contribution in [3.63, 3.8) is 0 Å². The smallest absolute Gasteiger partial charge is 0.306 e. The third kappa shape index (κ3) is 8.39. The summed E-state index contributed by atoms with van der Waals surface area (Å²) >= 11 is 0. The number of rotatable bonds is 12. The van der Waals surface area contributed by atoms with Crippen LogP contribution < -0.4 is 10.1 Å². The third-order valence-corrected chi connectivity index (χ3v) is 6.97. The second kappa shape index (κ2) is 13.6. The molecule has 0 bridgehead atoms. The number of ketones is 1. The fraction of sp³-hybridized carbons (Fsp3) is 0.229.